The van der Waals surface area contributed by atoms with Gasteiger partial charge in [0.15, 0.2) is 0 Å². The lowest BCUT2D eigenvalue weighted by molar-refractivity contribution is 0.0621. The van der Waals surface area contributed by atoms with Crippen LogP contribution in [0, 0.1) is 0 Å². The number of hydrogen-bond donors (Lipinski definition) is 1. The summed E-state index contributed by atoms with van der Waals surface area (Å²) in [6, 6.07) is 25.4. The summed E-state index contributed by atoms with van der Waals surface area (Å²) in [4.78, 5) is 16.3. The van der Waals surface area contributed by atoms with E-state index in [1.165, 1.54) is 36.8 Å². The number of carboxylic acid groups (broad SMARTS) is 1. The van der Waals surface area contributed by atoms with Crippen molar-refractivity contribution in [2.24, 2.45) is 0 Å². The maximum absolute atomic E-state index is 11.1. The molecule has 2 aliphatic heterocycles. The highest BCUT2D eigenvalue weighted by Gasteiger charge is 2.41. The normalized spacial score (nSPS) is 21.9. The summed E-state index contributed by atoms with van der Waals surface area (Å²) in [5.74, 6) is 0.812. The number of carbonyl (C=O) groups is 1. The fourth-order valence-electron chi connectivity index (χ4n) is 5.55. The molecule has 2 fully saturated rings. The standard InChI is InChI=1S/C29H31BrN2O3/c1-31(18-20-4-12-27(13-5-20)35-28-14-8-23(30)9-15-28)26-16-24-10-11-25(17-26)32(24)19-21-2-6-22(7-3-21)29(33)34/h2-9,12-15,24-26H,10-11,16-19H2,1H3,(H,33,34)/t24-,25+,26-. The van der Waals surface area contributed by atoms with Crippen molar-refractivity contribution < 1.29 is 14.6 Å². The zero-order valence-electron chi connectivity index (χ0n) is 19.9. The summed E-state index contributed by atoms with van der Waals surface area (Å²) >= 11 is 3.45. The van der Waals surface area contributed by atoms with Gasteiger partial charge in [0, 0.05) is 35.7 Å². The number of benzene rings is 3. The van der Waals surface area contributed by atoms with Crippen LogP contribution < -0.4 is 4.74 Å². The molecule has 0 unspecified atom stereocenters. The molecule has 35 heavy (non-hydrogen) atoms. The minimum Gasteiger partial charge on any atom is -0.478 e. The number of halogens is 1. The Morgan fingerprint density at radius 1 is 0.914 bits per heavy atom. The molecule has 0 saturated carbocycles. The Labute approximate surface area is 215 Å². The van der Waals surface area contributed by atoms with Crippen LogP contribution in [0.1, 0.15) is 47.2 Å². The fraction of sp³-hybridized carbons (Fsp3) is 0.345. The Morgan fingerprint density at radius 3 is 2.03 bits per heavy atom. The maximum atomic E-state index is 11.1. The Bertz CT molecular complexity index is 1130. The summed E-state index contributed by atoms with van der Waals surface area (Å²) in [6.07, 6.45) is 4.88. The van der Waals surface area contributed by atoms with Gasteiger partial charge in [0.1, 0.15) is 11.5 Å². The van der Waals surface area contributed by atoms with Crippen LogP contribution in [0.3, 0.4) is 0 Å². The molecular formula is C29H31BrN2O3. The van der Waals surface area contributed by atoms with Gasteiger partial charge >= 0.3 is 5.97 Å². The minimum atomic E-state index is -0.868. The van der Waals surface area contributed by atoms with Crippen molar-refractivity contribution in [1.29, 1.82) is 0 Å². The lowest BCUT2D eigenvalue weighted by Gasteiger charge is -2.42. The van der Waals surface area contributed by atoms with E-state index in [1.54, 1.807) is 12.1 Å². The van der Waals surface area contributed by atoms with Crippen molar-refractivity contribution in [3.8, 4) is 11.5 Å². The van der Waals surface area contributed by atoms with E-state index in [1.807, 2.05) is 48.5 Å². The van der Waals surface area contributed by atoms with Crippen molar-refractivity contribution in [3.05, 3.63) is 94.0 Å². The van der Waals surface area contributed by atoms with Gasteiger partial charge in [0.05, 0.1) is 5.56 Å². The molecule has 1 N–H and O–H groups in total. The molecule has 2 heterocycles. The van der Waals surface area contributed by atoms with Gasteiger partial charge < -0.3 is 9.84 Å². The molecule has 2 saturated heterocycles. The van der Waals surface area contributed by atoms with Crippen molar-refractivity contribution >= 4 is 21.9 Å². The van der Waals surface area contributed by atoms with E-state index >= 15 is 0 Å². The van der Waals surface area contributed by atoms with Crippen LogP contribution in [-0.2, 0) is 13.1 Å². The number of fused-ring (bicyclic) bond motifs is 2. The second-order valence-corrected chi connectivity index (χ2v) is 10.7. The summed E-state index contributed by atoms with van der Waals surface area (Å²) in [7, 11) is 2.25. The number of carboxylic acids is 1. The lowest BCUT2D eigenvalue weighted by Crippen LogP contribution is -2.48. The number of aromatic carboxylic acids is 1. The van der Waals surface area contributed by atoms with E-state index in [0.29, 0.717) is 23.7 Å². The monoisotopic (exact) mass is 534 g/mol. The molecule has 3 aromatic rings. The van der Waals surface area contributed by atoms with E-state index in [0.717, 1.165) is 29.1 Å². The predicted octanol–water partition coefficient (Wildman–Crippen LogP) is 6.57. The van der Waals surface area contributed by atoms with Gasteiger partial charge in [-0.2, -0.15) is 0 Å². The van der Waals surface area contributed by atoms with Crippen LogP contribution in [0.2, 0.25) is 0 Å². The molecule has 0 spiro atoms. The van der Waals surface area contributed by atoms with E-state index < -0.39 is 5.97 Å². The van der Waals surface area contributed by atoms with E-state index in [2.05, 4.69) is 44.9 Å². The van der Waals surface area contributed by atoms with Crippen molar-refractivity contribution in [1.82, 2.24) is 9.80 Å². The minimum absolute atomic E-state index is 0.352. The second-order valence-electron chi connectivity index (χ2n) is 9.80. The van der Waals surface area contributed by atoms with Gasteiger partial charge in [0.25, 0.3) is 0 Å². The average Bonchev–Trinajstić information content (AvgIpc) is 3.08. The zero-order chi connectivity index (χ0) is 24.4. The van der Waals surface area contributed by atoms with E-state index in [4.69, 9.17) is 9.84 Å². The first-order chi connectivity index (χ1) is 16.9. The topological polar surface area (TPSA) is 53.0 Å². The van der Waals surface area contributed by atoms with Crippen molar-refractivity contribution in [3.63, 3.8) is 0 Å². The largest absolute Gasteiger partial charge is 0.478 e. The molecule has 6 heteroatoms. The molecule has 0 amide bonds. The number of ether oxygens (including phenoxy) is 1. The molecule has 0 radical (unpaired) electrons. The van der Waals surface area contributed by atoms with E-state index in [-0.39, 0.29) is 0 Å². The highest BCUT2D eigenvalue weighted by atomic mass is 79.9. The summed E-state index contributed by atoms with van der Waals surface area (Å²) in [5, 5.41) is 9.14. The molecule has 182 valence electrons. The average molecular weight is 535 g/mol. The number of rotatable bonds is 8. The number of nitrogens with zero attached hydrogens (tertiary/aromatic N) is 2. The number of piperidine rings is 1. The molecule has 5 rings (SSSR count). The first-order valence-corrected chi connectivity index (χ1v) is 13.0. The molecule has 2 bridgehead atoms. The predicted molar refractivity (Wildman–Crippen MR) is 141 cm³/mol. The molecule has 3 aromatic carbocycles. The molecule has 3 atom stereocenters. The Kier molecular flexibility index (Phi) is 7.23. The van der Waals surface area contributed by atoms with Gasteiger partial charge in [-0.05, 0) is 92.4 Å². The Hall–Kier alpha value is -2.67. The van der Waals surface area contributed by atoms with Crippen LogP contribution in [0.15, 0.2) is 77.3 Å². The molecule has 0 aromatic heterocycles. The van der Waals surface area contributed by atoms with Crippen LogP contribution in [0.4, 0.5) is 0 Å². The highest BCUT2D eigenvalue weighted by molar-refractivity contribution is 9.10. The smallest absolute Gasteiger partial charge is 0.335 e. The molecule has 2 aliphatic rings. The molecule has 5 nitrogen and oxygen atoms in total. The maximum Gasteiger partial charge on any atom is 0.335 e. The molecular weight excluding hydrogens is 504 g/mol. The van der Waals surface area contributed by atoms with Gasteiger partial charge in [-0.1, -0.05) is 40.2 Å². The van der Waals surface area contributed by atoms with Crippen LogP contribution in [0.25, 0.3) is 0 Å². The van der Waals surface area contributed by atoms with Crippen LogP contribution in [0.5, 0.6) is 11.5 Å². The Balaban J connectivity index is 1.15. The highest BCUT2D eigenvalue weighted by Crippen LogP contribution is 2.38. The Morgan fingerprint density at radius 2 is 1.46 bits per heavy atom. The lowest BCUT2D eigenvalue weighted by atomic mass is 9.95. The first kappa shape index (κ1) is 24.0. The third-order valence-electron chi connectivity index (χ3n) is 7.45. The third-order valence-corrected chi connectivity index (χ3v) is 7.98. The summed E-state index contributed by atoms with van der Waals surface area (Å²) in [5.41, 5.74) is 2.85. The second kappa shape index (κ2) is 10.5. The fourth-order valence-corrected chi connectivity index (χ4v) is 5.81. The van der Waals surface area contributed by atoms with Gasteiger partial charge in [-0.25, -0.2) is 4.79 Å². The third kappa shape index (κ3) is 5.77. The van der Waals surface area contributed by atoms with Crippen LogP contribution >= 0.6 is 15.9 Å². The van der Waals surface area contributed by atoms with E-state index in [9.17, 15) is 4.79 Å². The van der Waals surface area contributed by atoms with Gasteiger partial charge in [-0.3, -0.25) is 9.80 Å². The van der Waals surface area contributed by atoms with Gasteiger partial charge in [0.2, 0.25) is 0 Å². The van der Waals surface area contributed by atoms with Crippen molar-refractivity contribution in [2.75, 3.05) is 7.05 Å². The van der Waals surface area contributed by atoms with Gasteiger partial charge in [-0.15, -0.1) is 0 Å². The van der Waals surface area contributed by atoms with Crippen molar-refractivity contribution in [2.45, 2.75) is 56.9 Å². The quantitative estimate of drug-likeness (QED) is 0.354. The summed E-state index contributed by atoms with van der Waals surface area (Å²) in [6.45, 7) is 1.84. The molecule has 0 aliphatic carbocycles. The number of hydrogen-bond acceptors (Lipinski definition) is 4. The zero-order valence-corrected chi connectivity index (χ0v) is 21.5. The SMILES string of the molecule is CN(Cc1ccc(Oc2ccc(Br)cc2)cc1)[C@@H]1C[C@H]2CC[C@@H](C1)N2Cc1ccc(C(=O)O)cc1. The first-order valence-electron chi connectivity index (χ1n) is 12.2. The summed E-state index contributed by atoms with van der Waals surface area (Å²) < 4.78 is 6.99. The van der Waals surface area contributed by atoms with Crippen LogP contribution in [-0.4, -0.2) is 46.0 Å².